The number of hydrogen-bond donors (Lipinski definition) is 0. The smallest absolute Gasteiger partial charge is 0.186 e. The summed E-state index contributed by atoms with van der Waals surface area (Å²) in [5, 5.41) is 21.1. The molecule has 0 radical (unpaired) electrons. The number of aryl methyl sites for hydroxylation is 2. The topological polar surface area (TPSA) is 80.5 Å². The summed E-state index contributed by atoms with van der Waals surface area (Å²) in [6.45, 7) is 10.4. The van der Waals surface area contributed by atoms with E-state index in [-0.39, 0.29) is 5.41 Å². The zero-order valence-corrected chi connectivity index (χ0v) is 11.9. The monoisotopic (exact) mass is 259 g/mol. The fourth-order valence-corrected chi connectivity index (χ4v) is 2.12. The van der Waals surface area contributed by atoms with E-state index in [9.17, 15) is 0 Å². The number of rotatable bonds is 2. The van der Waals surface area contributed by atoms with Crippen molar-refractivity contribution in [3.05, 3.63) is 28.4 Å². The molecule has 0 unspecified atom stereocenters. The van der Waals surface area contributed by atoms with Crippen LogP contribution >= 0.6 is 0 Å². The Morgan fingerprint density at radius 3 is 2.47 bits per heavy atom. The predicted molar refractivity (Wildman–Crippen MR) is 68.5 cm³/mol. The molecule has 0 aromatic carbocycles. The first-order valence-corrected chi connectivity index (χ1v) is 6.10. The first kappa shape index (κ1) is 13.3. The SMILES string of the molecule is Cc1noc(C)c1Cn1nnc(C#N)c1C(C)(C)C. The second-order valence-corrected chi connectivity index (χ2v) is 5.61. The normalized spacial score (nSPS) is 11.6. The highest BCUT2D eigenvalue weighted by molar-refractivity contribution is 5.31. The summed E-state index contributed by atoms with van der Waals surface area (Å²) in [4.78, 5) is 0. The molecular formula is C13H17N5O. The maximum atomic E-state index is 9.13. The van der Waals surface area contributed by atoms with Gasteiger partial charge in [-0.2, -0.15) is 5.26 Å². The highest BCUT2D eigenvalue weighted by Crippen LogP contribution is 2.25. The fourth-order valence-electron chi connectivity index (χ4n) is 2.12. The summed E-state index contributed by atoms with van der Waals surface area (Å²) in [5.74, 6) is 0.770. The maximum Gasteiger partial charge on any atom is 0.186 e. The standard InChI is InChI=1S/C13H17N5O/c1-8-10(9(2)19-16-8)7-18-12(13(3,4)5)11(6-14)15-17-18/h7H2,1-5H3. The molecule has 0 aliphatic rings. The number of aromatic nitrogens is 4. The van der Waals surface area contributed by atoms with Gasteiger partial charge in [0, 0.05) is 11.0 Å². The summed E-state index contributed by atoms with van der Waals surface area (Å²) in [5.41, 5.74) is 2.83. The van der Waals surface area contributed by atoms with Gasteiger partial charge in [0.05, 0.1) is 17.9 Å². The minimum absolute atomic E-state index is 0.201. The van der Waals surface area contributed by atoms with E-state index in [1.54, 1.807) is 4.68 Å². The molecule has 2 aromatic heterocycles. The average molecular weight is 259 g/mol. The van der Waals surface area contributed by atoms with Gasteiger partial charge in [-0.05, 0) is 13.8 Å². The Kier molecular flexibility index (Phi) is 3.14. The highest BCUT2D eigenvalue weighted by Gasteiger charge is 2.26. The average Bonchev–Trinajstić information content (AvgIpc) is 2.87. The third kappa shape index (κ3) is 2.36. The molecule has 0 saturated heterocycles. The van der Waals surface area contributed by atoms with Crippen LogP contribution in [0.15, 0.2) is 4.52 Å². The van der Waals surface area contributed by atoms with E-state index in [1.165, 1.54) is 0 Å². The summed E-state index contributed by atoms with van der Waals surface area (Å²) in [6.07, 6.45) is 0. The van der Waals surface area contributed by atoms with Gasteiger partial charge < -0.3 is 4.52 Å². The zero-order chi connectivity index (χ0) is 14.2. The predicted octanol–water partition coefficient (Wildman–Crippen LogP) is 2.10. The van der Waals surface area contributed by atoms with Crippen LogP contribution in [-0.4, -0.2) is 20.2 Å². The molecular weight excluding hydrogens is 242 g/mol. The van der Waals surface area contributed by atoms with Crippen LogP contribution in [0.5, 0.6) is 0 Å². The molecule has 0 saturated carbocycles. The molecule has 2 heterocycles. The Labute approximate surface area is 112 Å². The van der Waals surface area contributed by atoms with E-state index in [2.05, 4.69) is 21.5 Å². The van der Waals surface area contributed by atoms with Gasteiger partial charge in [-0.15, -0.1) is 5.10 Å². The molecule has 0 fully saturated rings. The van der Waals surface area contributed by atoms with Gasteiger partial charge in [0.2, 0.25) is 0 Å². The van der Waals surface area contributed by atoms with Crippen molar-refractivity contribution in [1.29, 1.82) is 5.26 Å². The second-order valence-electron chi connectivity index (χ2n) is 5.61. The third-order valence-corrected chi connectivity index (χ3v) is 3.04. The van der Waals surface area contributed by atoms with Gasteiger partial charge in [-0.3, -0.25) is 0 Å². The maximum absolute atomic E-state index is 9.13. The summed E-state index contributed by atoms with van der Waals surface area (Å²) >= 11 is 0. The van der Waals surface area contributed by atoms with Crippen LogP contribution in [0, 0.1) is 25.2 Å². The Morgan fingerprint density at radius 1 is 1.32 bits per heavy atom. The van der Waals surface area contributed by atoms with Crippen LogP contribution < -0.4 is 0 Å². The van der Waals surface area contributed by atoms with E-state index >= 15 is 0 Å². The third-order valence-electron chi connectivity index (χ3n) is 3.04. The first-order chi connectivity index (χ1) is 8.84. The van der Waals surface area contributed by atoms with Crippen molar-refractivity contribution in [1.82, 2.24) is 20.2 Å². The largest absolute Gasteiger partial charge is 0.361 e. The molecule has 0 aliphatic heterocycles. The molecule has 6 nitrogen and oxygen atoms in total. The van der Waals surface area contributed by atoms with E-state index in [4.69, 9.17) is 9.78 Å². The van der Waals surface area contributed by atoms with Crippen LogP contribution in [0.4, 0.5) is 0 Å². The molecule has 2 rings (SSSR count). The molecule has 6 heteroatoms. The Balaban J connectivity index is 2.48. The van der Waals surface area contributed by atoms with Crippen LogP contribution in [0.3, 0.4) is 0 Å². The van der Waals surface area contributed by atoms with Crippen molar-refractivity contribution in [3.8, 4) is 6.07 Å². The minimum Gasteiger partial charge on any atom is -0.361 e. The van der Waals surface area contributed by atoms with Gasteiger partial charge in [-0.25, -0.2) is 4.68 Å². The highest BCUT2D eigenvalue weighted by atomic mass is 16.5. The molecule has 0 bridgehead atoms. The van der Waals surface area contributed by atoms with E-state index in [1.807, 2.05) is 34.6 Å². The number of nitrogens with zero attached hydrogens (tertiary/aromatic N) is 5. The van der Waals surface area contributed by atoms with Crippen LogP contribution in [0.1, 0.15) is 49.2 Å². The van der Waals surface area contributed by atoms with Crippen molar-refractivity contribution in [2.45, 2.75) is 46.6 Å². The van der Waals surface area contributed by atoms with Gasteiger partial charge in [0.25, 0.3) is 0 Å². The van der Waals surface area contributed by atoms with Crippen LogP contribution in [0.25, 0.3) is 0 Å². The summed E-state index contributed by atoms with van der Waals surface area (Å²) in [6, 6.07) is 2.10. The van der Waals surface area contributed by atoms with Crippen molar-refractivity contribution >= 4 is 0 Å². The molecule has 0 aliphatic carbocycles. The second kappa shape index (κ2) is 4.50. The van der Waals surface area contributed by atoms with Crippen molar-refractivity contribution in [2.75, 3.05) is 0 Å². The fraction of sp³-hybridized carbons (Fsp3) is 0.538. The van der Waals surface area contributed by atoms with Gasteiger partial charge >= 0.3 is 0 Å². The zero-order valence-electron chi connectivity index (χ0n) is 11.9. The lowest BCUT2D eigenvalue weighted by Crippen LogP contribution is -2.20. The number of nitriles is 1. The Morgan fingerprint density at radius 2 is 2.00 bits per heavy atom. The lowest BCUT2D eigenvalue weighted by Gasteiger charge is -2.19. The van der Waals surface area contributed by atoms with E-state index in [0.29, 0.717) is 12.2 Å². The molecule has 19 heavy (non-hydrogen) atoms. The van der Waals surface area contributed by atoms with E-state index in [0.717, 1.165) is 22.7 Å². The minimum atomic E-state index is -0.201. The molecule has 0 amide bonds. The summed E-state index contributed by atoms with van der Waals surface area (Å²) < 4.78 is 6.90. The van der Waals surface area contributed by atoms with Crippen molar-refractivity contribution in [3.63, 3.8) is 0 Å². The summed E-state index contributed by atoms with van der Waals surface area (Å²) in [7, 11) is 0. The quantitative estimate of drug-likeness (QED) is 0.825. The van der Waals surface area contributed by atoms with Gasteiger partial charge in [-0.1, -0.05) is 31.1 Å². The van der Waals surface area contributed by atoms with Crippen LogP contribution in [-0.2, 0) is 12.0 Å². The van der Waals surface area contributed by atoms with Gasteiger partial charge in [0.1, 0.15) is 11.8 Å². The van der Waals surface area contributed by atoms with Crippen LogP contribution in [0.2, 0.25) is 0 Å². The number of hydrogen-bond acceptors (Lipinski definition) is 5. The van der Waals surface area contributed by atoms with Crippen molar-refractivity contribution < 1.29 is 4.52 Å². The van der Waals surface area contributed by atoms with Gasteiger partial charge in [0.15, 0.2) is 5.69 Å². The molecule has 0 atom stereocenters. The Bertz CT molecular complexity index is 620. The first-order valence-electron chi connectivity index (χ1n) is 6.10. The Hall–Kier alpha value is -2.16. The lowest BCUT2D eigenvalue weighted by molar-refractivity contribution is 0.391. The lowest BCUT2D eigenvalue weighted by atomic mass is 9.90. The molecule has 100 valence electrons. The van der Waals surface area contributed by atoms with E-state index < -0.39 is 0 Å². The van der Waals surface area contributed by atoms with Crippen molar-refractivity contribution in [2.24, 2.45) is 0 Å². The molecule has 2 aromatic rings. The molecule has 0 spiro atoms. The molecule has 0 N–H and O–H groups in total.